The third kappa shape index (κ3) is 6.22. The van der Waals surface area contributed by atoms with Gasteiger partial charge in [0.2, 0.25) is 0 Å². The van der Waals surface area contributed by atoms with Crippen molar-refractivity contribution in [3.05, 3.63) is 11.5 Å². The van der Waals surface area contributed by atoms with E-state index in [1.54, 1.807) is 11.8 Å². The van der Waals surface area contributed by atoms with E-state index in [-0.39, 0.29) is 17.8 Å². The van der Waals surface area contributed by atoms with Gasteiger partial charge in [0.05, 0.1) is 12.6 Å². The molecule has 5 heteroatoms. The van der Waals surface area contributed by atoms with E-state index in [0.717, 1.165) is 19.5 Å². The molecule has 1 aliphatic rings. The average molecular weight is 234 g/mol. The zero-order valence-electron chi connectivity index (χ0n) is 8.51. The summed E-state index contributed by atoms with van der Waals surface area (Å²) in [5.41, 5.74) is 0. The van der Waals surface area contributed by atoms with Gasteiger partial charge in [-0.15, -0.1) is 24.2 Å². The molecule has 0 aromatic rings. The first kappa shape index (κ1) is 13.7. The number of aliphatic imine (C=N–C) groups is 2. The molecule has 1 heterocycles. The molecule has 14 heavy (non-hydrogen) atoms. The third-order valence-corrected chi connectivity index (χ3v) is 2.45. The number of rotatable bonds is 5. The lowest BCUT2D eigenvalue weighted by Crippen LogP contribution is -2.13. The standard InChI is InChI=1S/C9H15N3S.ClH/c1-12(2)6-3-5-10-8-11-9-4-7-13-9;/h4,7,9H,3,5-6H2,1-2H3;1H. The Morgan fingerprint density at radius 2 is 2.21 bits per heavy atom. The van der Waals surface area contributed by atoms with Crippen LogP contribution >= 0.6 is 24.2 Å². The Balaban J connectivity index is 0.00000169. The maximum Gasteiger partial charge on any atom is 0.129 e. The van der Waals surface area contributed by atoms with Crippen molar-refractivity contribution in [3.63, 3.8) is 0 Å². The molecule has 0 aromatic heterocycles. The molecule has 0 bridgehead atoms. The van der Waals surface area contributed by atoms with E-state index < -0.39 is 0 Å². The SMILES string of the molecule is CN(C)CCCN=C=NC1C=CS1.Cl. The van der Waals surface area contributed by atoms with Crippen molar-refractivity contribution in [2.45, 2.75) is 11.8 Å². The van der Waals surface area contributed by atoms with E-state index >= 15 is 0 Å². The van der Waals surface area contributed by atoms with Gasteiger partial charge in [-0.3, -0.25) is 0 Å². The Bertz CT molecular complexity index is 234. The predicted molar refractivity (Wildman–Crippen MR) is 65.7 cm³/mol. The van der Waals surface area contributed by atoms with Gasteiger partial charge < -0.3 is 4.90 Å². The lowest BCUT2D eigenvalue weighted by Gasteiger charge is -2.08. The van der Waals surface area contributed by atoms with Gasteiger partial charge in [0.25, 0.3) is 0 Å². The molecule has 0 saturated carbocycles. The van der Waals surface area contributed by atoms with Crippen LogP contribution in [0.1, 0.15) is 6.42 Å². The first-order valence-corrected chi connectivity index (χ1v) is 5.31. The summed E-state index contributed by atoms with van der Waals surface area (Å²) < 4.78 is 0. The average Bonchev–Trinajstić information content (AvgIpc) is 1.99. The molecule has 1 rings (SSSR count). The molecule has 0 spiro atoms. The van der Waals surface area contributed by atoms with Crippen molar-refractivity contribution in [2.75, 3.05) is 27.2 Å². The number of halogens is 1. The molecular formula is C9H16ClN3S. The van der Waals surface area contributed by atoms with Crippen LogP contribution in [0.25, 0.3) is 0 Å². The molecule has 1 atom stereocenters. The fraction of sp³-hybridized carbons (Fsp3) is 0.667. The highest BCUT2D eigenvalue weighted by Crippen LogP contribution is 2.24. The van der Waals surface area contributed by atoms with E-state index in [9.17, 15) is 0 Å². The van der Waals surface area contributed by atoms with E-state index in [4.69, 9.17) is 0 Å². The van der Waals surface area contributed by atoms with Crippen molar-refractivity contribution in [3.8, 4) is 0 Å². The van der Waals surface area contributed by atoms with E-state index in [1.807, 2.05) is 11.5 Å². The Morgan fingerprint density at radius 3 is 2.71 bits per heavy atom. The maximum atomic E-state index is 4.09. The first-order chi connectivity index (χ1) is 6.29. The second-order valence-electron chi connectivity index (χ2n) is 3.12. The molecule has 1 unspecified atom stereocenters. The van der Waals surface area contributed by atoms with Gasteiger partial charge in [-0.05, 0) is 38.5 Å². The highest BCUT2D eigenvalue weighted by atomic mass is 35.5. The summed E-state index contributed by atoms with van der Waals surface area (Å²) in [4.78, 5) is 10.3. The van der Waals surface area contributed by atoms with Crippen LogP contribution < -0.4 is 0 Å². The summed E-state index contributed by atoms with van der Waals surface area (Å²) in [6.07, 6.45) is 3.11. The molecule has 0 saturated heterocycles. The van der Waals surface area contributed by atoms with Crippen LogP contribution in [0.4, 0.5) is 0 Å². The normalized spacial score (nSPS) is 18.1. The third-order valence-electron chi connectivity index (χ3n) is 1.59. The summed E-state index contributed by atoms with van der Waals surface area (Å²) >= 11 is 1.70. The fourth-order valence-electron chi connectivity index (χ4n) is 0.836. The maximum absolute atomic E-state index is 4.09. The molecule has 80 valence electrons. The Kier molecular flexibility index (Phi) is 7.90. The Morgan fingerprint density at radius 1 is 1.50 bits per heavy atom. The first-order valence-electron chi connectivity index (χ1n) is 4.37. The predicted octanol–water partition coefficient (Wildman–Crippen LogP) is 2.12. The van der Waals surface area contributed by atoms with Crippen LogP contribution in [0.5, 0.6) is 0 Å². The van der Waals surface area contributed by atoms with Crippen LogP contribution in [0.3, 0.4) is 0 Å². The summed E-state index contributed by atoms with van der Waals surface area (Å²) in [7, 11) is 4.13. The molecule has 0 amide bonds. The molecule has 1 aliphatic heterocycles. The minimum atomic E-state index is 0. The lowest BCUT2D eigenvalue weighted by atomic mass is 10.4. The van der Waals surface area contributed by atoms with Gasteiger partial charge in [-0.2, -0.15) is 0 Å². The van der Waals surface area contributed by atoms with E-state index in [2.05, 4.69) is 35.0 Å². The molecule has 0 aromatic carbocycles. The summed E-state index contributed by atoms with van der Waals surface area (Å²) in [5, 5.41) is 2.31. The quantitative estimate of drug-likeness (QED) is 0.538. The van der Waals surface area contributed by atoms with Crippen molar-refractivity contribution >= 4 is 30.2 Å². The number of thioether (sulfide) groups is 1. The minimum Gasteiger partial charge on any atom is -0.309 e. The Hall–Kier alpha value is -0.280. The second-order valence-corrected chi connectivity index (χ2v) is 4.15. The molecule has 0 aliphatic carbocycles. The summed E-state index contributed by atoms with van der Waals surface area (Å²) in [5.74, 6) is 0. The van der Waals surface area contributed by atoms with Crippen LogP contribution in [0.2, 0.25) is 0 Å². The van der Waals surface area contributed by atoms with Gasteiger partial charge in [0, 0.05) is 0 Å². The van der Waals surface area contributed by atoms with Gasteiger partial charge in [0.1, 0.15) is 5.37 Å². The molecule has 0 N–H and O–H groups in total. The molecule has 0 radical (unpaired) electrons. The Labute approximate surface area is 95.8 Å². The second kappa shape index (κ2) is 8.06. The van der Waals surface area contributed by atoms with Crippen LogP contribution in [0, 0.1) is 0 Å². The minimum absolute atomic E-state index is 0. The zero-order valence-corrected chi connectivity index (χ0v) is 10.1. The van der Waals surface area contributed by atoms with Crippen LogP contribution in [-0.4, -0.2) is 43.5 Å². The van der Waals surface area contributed by atoms with Crippen LogP contribution in [-0.2, 0) is 0 Å². The number of hydrogen-bond acceptors (Lipinski definition) is 4. The van der Waals surface area contributed by atoms with Crippen molar-refractivity contribution < 1.29 is 0 Å². The monoisotopic (exact) mass is 233 g/mol. The summed E-state index contributed by atoms with van der Waals surface area (Å²) in [6.45, 7) is 1.89. The van der Waals surface area contributed by atoms with E-state index in [0.29, 0.717) is 0 Å². The lowest BCUT2D eigenvalue weighted by molar-refractivity contribution is 0.403. The zero-order chi connectivity index (χ0) is 9.52. The summed E-state index contributed by atoms with van der Waals surface area (Å²) in [6, 6.07) is 2.72. The molecule has 0 fully saturated rings. The molecular weight excluding hydrogens is 218 g/mol. The van der Waals surface area contributed by atoms with Gasteiger partial charge >= 0.3 is 0 Å². The fourth-order valence-corrected chi connectivity index (χ4v) is 1.24. The smallest absolute Gasteiger partial charge is 0.129 e. The van der Waals surface area contributed by atoms with Crippen molar-refractivity contribution in [2.24, 2.45) is 9.98 Å². The highest BCUT2D eigenvalue weighted by Gasteiger charge is 2.05. The van der Waals surface area contributed by atoms with Gasteiger partial charge in [0.15, 0.2) is 0 Å². The van der Waals surface area contributed by atoms with E-state index in [1.165, 1.54) is 0 Å². The molecule has 3 nitrogen and oxygen atoms in total. The van der Waals surface area contributed by atoms with Gasteiger partial charge in [-0.25, -0.2) is 9.98 Å². The number of hydrogen-bond donors (Lipinski definition) is 0. The van der Waals surface area contributed by atoms with Gasteiger partial charge in [-0.1, -0.05) is 0 Å². The highest BCUT2D eigenvalue weighted by molar-refractivity contribution is 8.04. The topological polar surface area (TPSA) is 28.0 Å². The van der Waals surface area contributed by atoms with Crippen molar-refractivity contribution in [1.82, 2.24) is 4.90 Å². The van der Waals surface area contributed by atoms with Crippen LogP contribution in [0.15, 0.2) is 21.5 Å². The van der Waals surface area contributed by atoms with Crippen molar-refractivity contribution in [1.29, 1.82) is 0 Å². The largest absolute Gasteiger partial charge is 0.309 e. The number of nitrogens with zero attached hydrogens (tertiary/aromatic N) is 3.